The number of carbonyl (C=O) groups excluding carboxylic acids is 1. The molecule has 2 saturated heterocycles. The molecule has 0 radical (unpaired) electrons. The van der Waals surface area contributed by atoms with Gasteiger partial charge in [0.05, 0.1) is 11.2 Å². The van der Waals surface area contributed by atoms with Crippen molar-refractivity contribution < 1.29 is 21.6 Å². The number of sulfonamides is 2. The number of piperidine rings is 2. The van der Waals surface area contributed by atoms with E-state index < -0.39 is 26.1 Å². The Morgan fingerprint density at radius 2 is 1.59 bits per heavy atom. The Morgan fingerprint density at radius 3 is 2.17 bits per heavy atom. The van der Waals surface area contributed by atoms with Crippen LogP contribution < -0.4 is 5.32 Å². The van der Waals surface area contributed by atoms with Crippen LogP contribution in [0.4, 0.5) is 0 Å². The maximum Gasteiger partial charge on any atom is 0.243 e. The van der Waals surface area contributed by atoms with Crippen molar-refractivity contribution in [3.63, 3.8) is 0 Å². The quantitative estimate of drug-likeness (QED) is 0.733. The standard InChI is InChI=1S/C19H29N3O5S2/c1-15-6-8-17(9-7-15)29(26,27)21-13-10-16(11-14-21)20-19(23)18-5-3-4-12-22(18)28(2,24)25/h6-9,16,18H,3-5,10-14H2,1-2H3,(H,20,23). The maximum absolute atomic E-state index is 12.8. The lowest BCUT2D eigenvalue weighted by Crippen LogP contribution is -2.55. The second kappa shape index (κ2) is 8.71. The summed E-state index contributed by atoms with van der Waals surface area (Å²) in [6.45, 7) is 2.91. The number of carbonyl (C=O) groups is 1. The molecule has 1 unspecified atom stereocenters. The summed E-state index contributed by atoms with van der Waals surface area (Å²) in [5.41, 5.74) is 0.997. The molecule has 0 spiro atoms. The summed E-state index contributed by atoms with van der Waals surface area (Å²) >= 11 is 0. The van der Waals surface area contributed by atoms with Gasteiger partial charge in [0.25, 0.3) is 0 Å². The molecule has 2 aliphatic rings. The van der Waals surface area contributed by atoms with Crippen LogP contribution >= 0.6 is 0 Å². The van der Waals surface area contributed by atoms with Crippen LogP contribution in [0.3, 0.4) is 0 Å². The third-order valence-corrected chi connectivity index (χ3v) is 8.84. The van der Waals surface area contributed by atoms with Crippen LogP contribution in [0.2, 0.25) is 0 Å². The minimum Gasteiger partial charge on any atom is -0.352 e. The molecule has 1 N–H and O–H groups in total. The maximum atomic E-state index is 12.8. The SMILES string of the molecule is Cc1ccc(S(=O)(=O)N2CCC(NC(=O)C3CCCCN3S(C)(=O)=O)CC2)cc1. The van der Waals surface area contributed by atoms with Crippen LogP contribution in [0, 0.1) is 6.92 Å². The smallest absolute Gasteiger partial charge is 0.243 e. The third kappa shape index (κ3) is 5.17. The van der Waals surface area contributed by atoms with Crippen LogP contribution in [0.5, 0.6) is 0 Å². The number of nitrogens with zero attached hydrogens (tertiary/aromatic N) is 2. The molecule has 2 heterocycles. The van der Waals surface area contributed by atoms with Gasteiger partial charge in [-0.15, -0.1) is 0 Å². The van der Waals surface area contributed by atoms with Gasteiger partial charge in [-0.25, -0.2) is 16.8 Å². The normalized spacial score (nSPS) is 23.0. The van der Waals surface area contributed by atoms with E-state index in [1.54, 1.807) is 24.3 Å². The Labute approximate surface area is 173 Å². The fourth-order valence-electron chi connectivity index (χ4n) is 3.96. The van der Waals surface area contributed by atoms with Crippen molar-refractivity contribution in [3.8, 4) is 0 Å². The molecular formula is C19H29N3O5S2. The average molecular weight is 444 g/mol. The summed E-state index contributed by atoms with van der Waals surface area (Å²) < 4.78 is 52.3. The minimum absolute atomic E-state index is 0.157. The predicted molar refractivity (Wildman–Crippen MR) is 110 cm³/mol. The van der Waals surface area contributed by atoms with E-state index in [1.165, 1.54) is 8.61 Å². The Bertz CT molecular complexity index is 937. The van der Waals surface area contributed by atoms with Crippen molar-refractivity contribution in [2.45, 2.75) is 56.0 Å². The van der Waals surface area contributed by atoms with Crippen LogP contribution in [0.1, 0.15) is 37.7 Å². The van der Waals surface area contributed by atoms with Gasteiger partial charge in [0, 0.05) is 25.7 Å². The van der Waals surface area contributed by atoms with Crippen LogP contribution in [0.25, 0.3) is 0 Å². The minimum atomic E-state index is -3.55. The second-order valence-electron chi connectivity index (χ2n) is 7.89. The van der Waals surface area contributed by atoms with E-state index in [4.69, 9.17) is 0 Å². The number of amides is 1. The van der Waals surface area contributed by atoms with Crippen molar-refractivity contribution in [1.29, 1.82) is 0 Å². The average Bonchev–Trinajstić information content (AvgIpc) is 2.68. The Hall–Kier alpha value is -1.49. The van der Waals surface area contributed by atoms with Gasteiger partial charge >= 0.3 is 0 Å². The second-order valence-corrected chi connectivity index (χ2v) is 11.8. The van der Waals surface area contributed by atoms with E-state index in [0.29, 0.717) is 38.9 Å². The molecule has 1 aromatic carbocycles. The molecule has 10 heteroatoms. The molecule has 1 amide bonds. The van der Waals surface area contributed by atoms with Crippen molar-refractivity contribution in [2.75, 3.05) is 25.9 Å². The molecule has 8 nitrogen and oxygen atoms in total. The summed E-state index contributed by atoms with van der Waals surface area (Å²) in [5.74, 6) is -0.282. The highest BCUT2D eigenvalue weighted by Gasteiger charge is 2.36. The molecular weight excluding hydrogens is 414 g/mol. The summed E-state index contributed by atoms with van der Waals surface area (Å²) in [6.07, 6.45) is 4.22. The molecule has 0 aliphatic carbocycles. The molecule has 29 heavy (non-hydrogen) atoms. The van der Waals surface area contributed by atoms with Crippen molar-refractivity contribution in [3.05, 3.63) is 29.8 Å². The molecule has 0 bridgehead atoms. The first-order chi connectivity index (χ1) is 13.6. The monoisotopic (exact) mass is 443 g/mol. The first kappa shape index (κ1) is 22.2. The molecule has 162 valence electrons. The Morgan fingerprint density at radius 1 is 0.966 bits per heavy atom. The summed E-state index contributed by atoms with van der Waals surface area (Å²) in [4.78, 5) is 13.0. The molecule has 1 aromatic rings. The van der Waals surface area contributed by atoms with Gasteiger partial charge in [-0.2, -0.15) is 8.61 Å². The van der Waals surface area contributed by atoms with Crippen molar-refractivity contribution in [2.24, 2.45) is 0 Å². The van der Waals surface area contributed by atoms with Gasteiger partial charge in [0.2, 0.25) is 26.0 Å². The summed E-state index contributed by atoms with van der Waals surface area (Å²) in [7, 11) is -6.98. The van der Waals surface area contributed by atoms with Crippen LogP contribution in [0.15, 0.2) is 29.2 Å². The van der Waals surface area contributed by atoms with E-state index in [0.717, 1.165) is 24.7 Å². The van der Waals surface area contributed by atoms with Gasteiger partial charge in [-0.1, -0.05) is 24.1 Å². The van der Waals surface area contributed by atoms with Crippen molar-refractivity contribution in [1.82, 2.24) is 13.9 Å². The molecule has 2 fully saturated rings. The van der Waals surface area contributed by atoms with E-state index >= 15 is 0 Å². The molecule has 0 aromatic heterocycles. The summed E-state index contributed by atoms with van der Waals surface area (Å²) in [6, 6.07) is 5.95. The lowest BCUT2D eigenvalue weighted by atomic mass is 10.0. The van der Waals surface area contributed by atoms with Gasteiger partial charge in [0.1, 0.15) is 6.04 Å². The summed E-state index contributed by atoms with van der Waals surface area (Å²) in [5, 5.41) is 2.94. The topological polar surface area (TPSA) is 104 Å². The lowest BCUT2D eigenvalue weighted by Gasteiger charge is -2.35. The highest BCUT2D eigenvalue weighted by Crippen LogP contribution is 2.23. The first-order valence-corrected chi connectivity index (χ1v) is 13.2. The zero-order valence-electron chi connectivity index (χ0n) is 16.9. The number of hydrogen-bond donors (Lipinski definition) is 1. The molecule has 3 rings (SSSR count). The zero-order valence-corrected chi connectivity index (χ0v) is 18.5. The van der Waals surface area contributed by atoms with E-state index in [-0.39, 0.29) is 16.8 Å². The lowest BCUT2D eigenvalue weighted by molar-refractivity contribution is -0.126. The van der Waals surface area contributed by atoms with Gasteiger partial charge in [-0.3, -0.25) is 4.79 Å². The van der Waals surface area contributed by atoms with Crippen LogP contribution in [-0.2, 0) is 24.8 Å². The fraction of sp³-hybridized carbons (Fsp3) is 0.632. The van der Waals surface area contributed by atoms with E-state index in [9.17, 15) is 21.6 Å². The Kier molecular flexibility index (Phi) is 6.67. The molecule has 2 aliphatic heterocycles. The Balaban J connectivity index is 1.59. The molecule has 1 atom stereocenters. The largest absolute Gasteiger partial charge is 0.352 e. The zero-order chi connectivity index (χ0) is 21.2. The number of nitrogens with one attached hydrogen (secondary N) is 1. The number of aryl methyl sites for hydroxylation is 1. The van der Waals surface area contributed by atoms with E-state index in [1.807, 2.05) is 6.92 Å². The molecule has 0 saturated carbocycles. The van der Waals surface area contributed by atoms with Gasteiger partial charge in [0.15, 0.2) is 0 Å². The van der Waals surface area contributed by atoms with E-state index in [2.05, 4.69) is 5.32 Å². The van der Waals surface area contributed by atoms with Gasteiger partial charge < -0.3 is 5.32 Å². The number of hydrogen-bond acceptors (Lipinski definition) is 5. The highest BCUT2D eigenvalue weighted by atomic mass is 32.2. The highest BCUT2D eigenvalue weighted by molar-refractivity contribution is 7.89. The first-order valence-electron chi connectivity index (χ1n) is 9.93. The predicted octanol–water partition coefficient (Wildman–Crippen LogP) is 1.08. The number of rotatable bonds is 5. The third-order valence-electron chi connectivity index (χ3n) is 5.64. The van der Waals surface area contributed by atoms with Gasteiger partial charge in [-0.05, 0) is 44.7 Å². The fourth-order valence-corrected chi connectivity index (χ4v) is 6.56. The number of benzene rings is 1. The van der Waals surface area contributed by atoms with Crippen molar-refractivity contribution >= 4 is 26.0 Å². The van der Waals surface area contributed by atoms with Crippen LogP contribution in [-0.4, -0.2) is 69.3 Å².